The SMILES string of the molecule is O=Cc1ccc(Cl)cc1.O=Cc1cccc(Cl)c1. The average Bonchev–Trinajstić information content (AvgIpc) is 2.40. The molecule has 0 spiro atoms. The minimum Gasteiger partial charge on any atom is -0.298 e. The van der Waals surface area contributed by atoms with Crippen LogP contribution >= 0.6 is 23.2 Å². The molecule has 2 aromatic carbocycles. The molecular formula is C14H10Cl2O2. The lowest BCUT2D eigenvalue weighted by Gasteiger charge is -1.88. The summed E-state index contributed by atoms with van der Waals surface area (Å²) in [6, 6.07) is 13.5. The van der Waals surface area contributed by atoms with Crippen LogP contribution in [-0.4, -0.2) is 12.6 Å². The zero-order valence-corrected chi connectivity index (χ0v) is 10.9. The smallest absolute Gasteiger partial charge is 0.150 e. The second-order valence-electron chi connectivity index (χ2n) is 3.34. The van der Waals surface area contributed by atoms with E-state index in [2.05, 4.69) is 0 Å². The minimum atomic E-state index is 0.597. The Balaban J connectivity index is 0.000000180. The molecule has 0 aliphatic carbocycles. The van der Waals surface area contributed by atoms with Gasteiger partial charge in [0.2, 0.25) is 0 Å². The van der Waals surface area contributed by atoms with Gasteiger partial charge in [-0.25, -0.2) is 0 Å². The second-order valence-corrected chi connectivity index (χ2v) is 4.22. The highest BCUT2D eigenvalue weighted by Gasteiger charge is 1.88. The molecule has 0 unspecified atom stereocenters. The Bertz CT molecular complexity index is 522. The molecule has 92 valence electrons. The summed E-state index contributed by atoms with van der Waals surface area (Å²) in [7, 11) is 0. The van der Waals surface area contributed by atoms with Gasteiger partial charge >= 0.3 is 0 Å². The third-order valence-corrected chi connectivity index (χ3v) is 2.48. The van der Waals surface area contributed by atoms with Crippen molar-refractivity contribution in [2.24, 2.45) is 0 Å². The Labute approximate surface area is 115 Å². The lowest BCUT2D eigenvalue weighted by atomic mass is 10.2. The summed E-state index contributed by atoms with van der Waals surface area (Å²) in [5.74, 6) is 0. The summed E-state index contributed by atoms with van der Waals surface area (Å²) in [6.45, 7) is 0. The number of halogens is 2. The molecule has 0 radical (unpaired) electrons. The van der Waals surface area contributed by atoms with Gasteiger partial charge in [0.15, 0.2) is 0 Å². The van der Waals surface area contributed by atoms with E-state index in [9.17, 15) is 9.59 Å². The molecule has 0 atom stereocenters. The van der Waals surface area contributed by atoms with E-state index in [0.29, 0.717) is 21.2 Å². The van der Waals surface area contributed by atoms with Crippen LogP contribution < -0.4 is 0 Å². The van der Waals surface area contributed by atoms with Crippen molar-refractivity contribution in [3.63, 3.8) is 0 Å². The van der Waals surface area contributed by atoms with Crippen molar-refractivity contribution in [2.45, 2.75) is 0 Å². The number of hydrogen-bond acceptors (Lipinski definition) is 2. The monoisotopic (exact) mass is 280 g/mol. The fourth-order valence-electron chi connectivity index (χ4n) is 1.12. The molecule has 2 aromatic rings. The van der Waals surface area contributed by atoms with Gasteiger partial charge in [-0.15, -0.1) is 0 Å². The molecule has 0 bridgehead atoms. The third-order valence-electron chi connectivity index (χ3n) is 1.99. The van der Waals surface area contributed by atoms with Crippen molar-refractivity contribution < 1.29 is 9.59 Å². The lowest BCUT2D eigenvalue weighted by Crippen LogP contribution is -1.75. The number of aldehydes is 2. The van der Waals surface area contributed by atoms with Gasteiger partial charge in [-0.1, -0.05) is 47.5 Å². The molecule has 2 nitrogen and oxygen atoms in total. The number of hydrogen-bond donors (Lipinski definition) is 0. The van der Waals surface area contributed by atoms with E-state index < -0.39 is 0 Å². The largest absolute Gasteiger partial charge is 0.298 e. The molecule has 2 rings (SSSR count). The van der Waals surface area contributed by atoms with Crippen molar-refractivity contribution in [1.29, 1.82) is 0 Å². The molecule has 18 heavy (non-hydrogen) atoms. The molecule has 0 aliphatic rings. The van der Waals surface area contributed by atoms with Crippen LogP contribution in [0.4, 0.5) is 0 Å². The topological polar surface area (TPSA) is 34.1 Å². The van der Waals surface area contributed by atoms with Crippen LogP contribution in [0.1, 0.15) is 20.7 Å². The Hall–Kier alpha value is -1.64. The molecular weight excluding hydrogens is 271 g/mol. The first-order chi connectivity index (χ1) is 8.65. The third kappa shape index (κ3) is 5.13. The number of rotatable bonds is 2. The van der Waals surface area contributed by atoms with E-state index in [1.54, 1.807) is 48.5 Å². The van der Waals surface area contributed by atoms with Crippen molar-refractivity contribution in [3.8, 4) is 0 Å². The average molecular weight is 281 g/mol. The van der Waals surface area contributed by atoms with E-state index in [1.807, 2.05) is 0 Å². The van der Waals surface area contributed by atoms with E-state index in [4.69, 9.17) is 23.2 Å². The summed E-state index contributed by atoms with van der Waals surface area (Å²) in [5, 5.41) is 1.25. The van der Waals surface area contributed by atoms with Crippen molar-refractivity contribution in [1.82, 2.24) is 0 Å². The van der Waals surface area contributed by atoms with Gasteiger partial charge in [0.1, 0.15) is 12.6 Å². The molecule has 0 saturated heterocycles. The molecule has 0 heterocycles. The molecule has 0 aliphatic heterocycles. The summed E-state index contributed by atoms with van der Waals surface area (Å²) >= 11 is 11.1. The van der Waals surface area contributed by atoms with Gasteiger partial charge in [-0.05, 0) is 24.3 Å². The predicted molar refractivity (Wildman–Crippen MR) is 73.7 cm³/mol. The second kappa shape index (κ2) is 7.64. The maximum absolute atomic E-state index is 10.1. The quantitative estimate of drug-likeness (QED) is 0.769. The molecule has 4 heteroatoms. The highest BCUT2D eigenvalue weighted by molar-refractivity contribution is 6.31. The van der Waals surface area contributed by atoms with Gasteiger partial charge in [0.05, 0.1) is 0 Å². The lowest BCUT2D eigenvalue weighted by molar-refractivity contribution is 0.111. The van der Waals surface area contributed by atoms with Crippen LogP contribution in [0.3, 0.4) is 0 Å². The highest BCUT2D eigenvalue weighted by Crippen LogP contribution is 2.08. The first-order valence-electron chi connectivity index (χ1n) is 5.07. The predicted octanol–water partition coefficient (Wildman–Crippen LogP) is 4.31. The minimum absolute atomic E-state index is 0.597. The van der Waals surface area contributed by atoms with Gasteiger partial charge in [-0.3, -0.25) is 9.59 Å². The van der Waals surface area contributed by atoms with Crippen LogP contribution in [0, 0.1) is 0 Å². The Morgan fingerprint density at radius 2 is 1.33 bits per heavy atom. The zero-order chi connectivity index (χ0) is 13.4. The van der Waals surface area contributed by atoms with Crippen LogP contribution in [0.5, 0.6) is 0 Å². The van der Waals surface area contributed by atoms with E-state index >= 15 is 0 Å². The number of carbonyl (C=O) groups is 2. The van der Waals surface area contributed by atoms with Crippen LogP contribution in [-0.2, 0) is 0 Å². The first-order valence-corrected chi connectivity index (χ1v) is 5.83. The molecule has 0 N–H and O–H groups in total. The fraction of sp³-hybridized carbons (Fsp3) is 0. The maximum Gasteiger partial charge on any atom is 0.150 e. The zero-order valence-electron chi connectivity index (χ0n) is 9.35. The van der Waals surface area contributed by atoms with Gasteiger partial charge in [0, 0.05) is 21.2 Å². The molecule has 0 fully saturated rings. The van der Waals surface area contributed by atoms with E-state index in [1.165, 1.54) is 0 Å². The summed E-state index contributed by atoms with van der Waals surface area (Å²) in [4.78, 5) is 20.2. The highest BCUT2D eigenvalue weighted by atomic mass is 35.5. The molecule has 0 amide bonds. The van der Waals surface area contributed by atoms with Gasteiger partial charge < -0.3 is 0 Å². The van der Waals surface area contributed by atoms with Crippen molar-refractivity contribution in [2.75, 3.05) is 0 Å². The Morgan fingerprint density at radius 1 is 0.722 bits per heavy atom. The summed E-state index contributed by atoms with van der Waals surface area (Å²) in [6.07, 6.45) is 1.56. The maximum atomic E-state index is 10.1. The summed E-state index contributed by atoms with van der Waals surface area (Å²) in [5.41, 5.74) is 1.27. The van der Waals surface area contributed by atoms with Crippen molar-refractivity contribution in [3.05, 3.63) is 69.7 Å². The Morgan fingerprint density at radius 3 is 1.78 bits per heavy atom. The van der Waals surface area contributed by atoms with E-state index in [-0.39, 0.29) is 0 Å². The van der Waals surface area contributed by atoms with E-state index in [0.717, 1.165) is 12.6 Å². The van der Waals surface area contributed by atoms with Crippen molar-refractivity contribution >= 4 is 35.8 Å². The van der Waals surface area contributed by atoms with Gasteiger partial charge in [-0.2, -0.15) is 0 Å². The molecule has 0 saturated carbocycles. The normalized spacial score (nSPS) is 9.00. The number of benzene rings is 2. The van der Waals surface area contributed by atoms with Crippen LogP contribution in [0.25, 0.3) is 0 Å². The standard InChI is InChI=1S/2C7H5ClO/c8-7-3-1-6(5-9)2-4-7;8-7-3-1-2-6(4-7)5-9/h2*1-5H. The Kier molecular flexibility index (Phi) is 6.12. The molecule has 0 aromatic heterocycles. The fourth-order valence-corrected chi connectivity index (χ4v) is 1.45. The number of carbonyl (C=O) groups excluding carboxylic acids is 2. The van der Waals surface area contributed by atoms with Crippen LogP contribution in [0.2, 0.25) is 10.0 Å². The summed E-state index contributed by atoms with van der Waals surface area (Å²) < 4.78 is 0. The van der Waals surface area contributed by atoms with Crippen LogP contribution in [0.15, 0.2) is 48.5 Å². The van der Waals surface area contributed by atoms with Gasteiger partial charge in [0.25, 0.3) is 0 Å². The first kappa shape index (κ1) is 14.4.